The maximum atomic E-state index is 13.6. The highest BCUT2D eigenvalue weighted by atomic mass is 32.2. The van der Waals surface area contributed by atoms with Gasteiger partial charge >= 0.3 is 0 Å². The van der Waals surface area contributed by atoms with Crippen molar-refractivity contribution in [3.63, 3.8) is 0 Å². The van der Waals surface area contributed by atoms with Gasteiger partial charge in [-0.1, -0.05) is 0 Å². The Bertz CT molecular complexity index is 735. The van der Waals surface area contributed by atoms with Crippen LogP contribution in [0.15, 0.2) is 47.4 Å². The fourth-order valence-corrected chi connectivity index (χ4v) is 2.68. The maximum Gasteiger partial charge on any atom is 0.248 e. The fourth-order valence-electron chi connectivity index (χ4n) is 1.77. The van der Waals surface area contributed by atoms with Gasteiger partial charge in [0.15, 0.2) is 0 Å². The van der Waals surface area contributed by atoms with Crippen LogP contribution in [-0.4, -0.2) is 17.1 Å². The molecule has 0 saturated carbocycles. The van der Waals surface area contributed by atoms with Crippen molar-refractivity contribution in [2.75, 3.05) is 5.32 Å². The van der Waals surface area contributed by atoms with Crippen LogP contribution in [0.5, 0.6) is 0 Å². The lowest BCUT2D eigenvalue weighted by molar-refractivity contribution is -0.115. The predicted molar refractivity (Wildman–Crippen MR) is 85.3 cm³/mol. The Morgan fingerprint density at radius 2 is 1.78 bits per heavy atom. The third kappa shape index (κ3) is 4.53. The Morgan fingerprint density at radius 3 is 2.39 bits per heavy atom. The van der Waals surface area contributed by atoms with Gasteiger partial charge in [0, 0.05) is 16.1 Å². The number of halogens is 2. The standard InChI is InChI=1S/C16H14F2N2O2S/c1-9(23-14-8-11(17)4-7-13(14)18)16(22)20-12-5-2-10(3-6-12)15(19)21/h2-9H,1H3,(H2,19,21)(H,20,22)/t9-/m1/s1. The molecule has 0 aliphatic rings. The van der Waals surface area contributed by atoms with E-state index in [9.17, 15) is 18.4 Å². The molecule has 0 aliphatic carbocycles. The minimum Gasteiger partial charge on any atom is -0.366 e. The summed E-state index contributed by atoms with van der Waals surface area (Å²) in [7, 11) is 0. The number of anilines is 1. The topological polar surface area (TPSA) is 72.2 Å². The highest BCUT2D eigenvalue weighted by Crippen LogP contribution is 2.27. The lowest BCUT2D eigenvalue weighted by Crippen LogP contribution is -2.22. The summed E-state index contributed by atoms with van der Waals surface area (Å²) in [5.41, 5.74) is 5.93. The van der Waals surface area contributed by atoms with Gasteiger partial charge in [-0.05, 0) is 49.4 Å². The molecule has 0 bridgehead atoms. The van der Waals surface area contributed by atoms with Crippen molar-refractivity contribution in [3.8, 4) is 0 Å². The molecule has 0 saturated heterocycles. The Balaban J connectivity index is 2.02. The van der Waals surface area contributed by atoms with E-state index in [1.54, 1.807) is 6.92 Å². The number of nitrogens with two attached hydrogens (primary N) is 1. The van der Waals surface area contributed by atoms with Crippen LogP contribution in [0.2, 0.25) is 0 Å². The quantitative estimate of drug-likeness (QED) is 0.824. The second kappa shape index (κ2) is 7.23. The number of carbonyl (C=O) groups excluding carboxylic acids is 2. The van der Waals surface area contributed by atoms with Crippen LogP contribution in [0.3, 0.4) is 0 Å². The zero-order chi connectivity index (χ0) is 17.0. The lowest BCUT2D eigenvalue weighted by atomic mass is 10.2. The van der Waals surface area contributed by atoms with Gasteiger partial charge in [-0.3, -0.25) is 9.59 Å². The molecule has 0 spiro atoms. The number of rotatable bonds is 5. The van der Waals surface area contributed by atoms with Crippen molar-refractivity contribution in [3.05, 3.63) is 59.7 Å². The van der Waals surface area contributed by atoms with Crippen LogP contribution in [0, 0.1) is 11.6 Å². The zero-order valence-electron chi connectivity index (χ0n) is 12.2. The minimum absolute atomic E-state index is 0.0664. The number of primary amides is 1. The first-order chi connectivity index (χ1) is 10.9. The van der Waals surface area contributed by atoms with Gasteiger partial charge in [-0.2, -0.15) is 0 Å². The summed E-state index contributed by atoms with van der Waals surface area (Å²) in [4.78, 5) is 23.1. The molecule has 0 radical (unpaired) electrons. The van der Waals surface area contributed by atoms with Gasteiger partial charge in [0.05, 0.1) is 5.25 Å². The molecule has 7 heteroatoms. The van der Waals surface area contributed by atoms with Crippen LogP contribution >= 0.6 is 11.8 Å². The SMILES string of the molecule is C[C@@H](Sc1cc(F)ccc1F)C(=O)Nc1ccc(C(N)=O)cc1. The molecule has 23 heavy (non-hydrogen) atoms. The van der Waals surface area contributed by atoms with Crippen LogP contribution < -0.4 is 11.1 Å². The average Bonchev–Trinajstić information content (AvgIpc) is 2.51. The molecular weight excluding hydrogens is 322 g/mol. The molecule has 120 valence electrons. The number of hydrogen-bond acceptors (Lipinski definition) is 3. The molecule has 1 atom stereocenters. The van der Waals surface area contributed by atoms with E-state index >= 15 is 0 Å². The van der Waals surface area contributed by atoms with Crippen molar-refractivity contribution in [1.82, 2.24) is 0 Å². The Kier molecular flexibility index (Phi) is 5.33. The summed E-state index contributed by atoms with van der Waals surface area (Å²) in [5, 5.41) is 2.00. The average molecular weight is 336 g/mol. The summed E-state index contributed by atoms with van der Waals surface area (Å²) in [6.45, 7) is 1.59. The summed E-state index contributed by atoms with van der Waals surface area (Å²) in [5.74, 6) is -2.08. The van der Waals surface area contributed by atoms with E-state index in [0.29, 0.717) is 11.3 Å². The maximum absolute atomic E-state index is 13.6. The zero-order valence-corrected chi connectivity index (χ0v) is 13.0. The van der Waals surface area contributed by atoms with E-state index in [-0.39, 0.29) is 10.8 Å². The number of amides is 2. The summed E-state index contributed by atoms with van der Waals surface area (Å²) >= 11 is 0.919. The summed E-state index contributed by atoms with van der Waals surface area (Å²) < 4.78 is 26.7. The van der Waals surface area contributed by atoms with E-state index in [2.05, 4.69) is 5.32 Å². The molecule has 4 nitrogen and oxygen atoms in total. The number of nitrogens with one attached hydrogen (secondary N) is 1. The van der Waals surface area contributed by atoms with E-state index in [0.717, 1.165) is 30.0 Å². The Labute approximate surface area is 136 Å². The molecule has 0 fully saturated rings. The van der Waals surface area contributed by atoms with Gasteiger partial charge in [-0.15, -0.1) is 11.8 Å². The molecule has 3 N–H and O–H groups in total. The normalized spacial score (nSPS) is 11.8. The lowest BCUT2D eigenvalue weighted by Gasteiger charge is -2.12. The van der Waals surface area contributed by atoms with E-state index in [1.165, 1.54) is 24.3 Å². The second-order valence-electron chi connectivity index (χ2n) is 4.77. The van der Waals surface area contributed by atoms with Gasteiger partial charge in [0.1, 0.15) is 11.6 Å². The van der Waals surface area contributed by atoms with Crippen molar-refractivity contribution in [2.45, 2.75) is 17.1 Å². The Hall–Kier alpha value is -2.41. The summed E-state index contributed by atoms with van der Waals surface area (Å²) in [6, 6.07) is 9.14. The van der Waals surface area contributed by atoms with Gasteiger partial charge in [-0.25, -0.2) is 8.78 Å². The molecule has 0 aliphatic heterocycles. The molecule has 0 aromatic heterocycles. The predicted octanol–water partition coefficient (Wildman–Crippen LogP) is 3.18. The summed E-state index contributed by atoms with van der Waals surface area (Å²) in [6.07, 6.45) is 0. The van der Waals surface area contributed by atoms with E-state index in [1.807, 2.05) is 0 Å². The first-order valence-corrected chi connectivity index (χ1v) is 7.57. The van der Waals surface area contributed by atoms with Gasteiger partial charge in [0.2, 0.25) is 11.8 Å². The van der Waals surface area contributed by atoms with Gasteiger partial charge < -0.3 is 11.1 Å². The van der Waals surface area contributed by atoms with Crippen LogP contribution in [-0.2, 0) is 4.79 Å². The first-order valence-electron chi connectivity index (χ1n) is 6.69. The Morgan fingerprint density at radius 1 is 1.13 bits per heavy atom. The van der Waals surface area contributed by atoms with Crippen LogP contribution in [0.25, 0.3) is 0 Å². The van der Waals surface area contributed by atoms with Crippen molar-refractivity contribution < 1.29 is 18.4 Å². The highest BCUT2D eigenvalue weighted by molar-refractivity contribution is 8.00. The first kappa shape index (κ1) is 17.0. The molecule has 0 heterocycles. The van der Waals surface area contributed by atoms with Gasteiger partial charge in [0.25, 0.3) is 0 Å². The molecule has 0 unspecified atom stereocenters. The minimum atomic E-state index is -0.637. The van der Waals surface area contributed by atoms with E-state index in [4.69, 9.17) is 5.73 Å². The second-order valence-corrected chi connectivity index (χ2v) is 6.15. The number of thioether (sulfide) groups is 1. The molecular formula is C16H14F2N2O2S. The molecule has 2 aromatic carbocycles. The smallest absolute Gasteiger partial charge is 0.248 e. The monoisotopic (exact) mass is 336 g/mol. The van der Waals surface area contributed by atoms with Crippen LogP contribution in [0.1, 0.15) is 17.3 Å². The molecule has 2 amide bonds. The van der Waals surface area contributed by atoms with E-state index < -0.39 is 22.8 Å². The van der Waals surface area contributed by atoms with Crippen molar-refractivity contribution >= 4 is 29.3 Å². The fraction of sp³-hybridized carbons (Fsp3) is 0.125. The molecule has 2 rings (SSSR count). The number of carbonyl (C=O) groups is 2. The number of benzene rings is 2. The largest absolute Gasteiger partial charge is 0.366 e. The van der Waals surface area contributed by atoms with Crippen molar-refractivity contribution in [2.24, 2.45) is 5.73 Å². The number of hydrogen-bond donors (Lipinski definition) is 2. The highest BCUT2D eigenvalue weighted by Gasteiger charge is 2.17. The third-order valence-electron chi connectivity index (χ3n) is 3.00. The van der Waals surface area contributed by atoms with Crippen LogP contribution in [0.4, 0.5) is 14.5 Å². The van der Waals surface area contributed by atoms with Crippen molar-refractivity contribution in [1.29, 1.82) is 0 Å². The molecule has 2 aromatic rings. The third-order valence-corrected chi connectivity index (χ3v) is 4.14.